The lowest BCUT2D eigenvalue weighted by Gasteiger charge is -2.20. The number of rotatable bonds is 5. The van der Waals surface area contributed by atoms with Gasteiger partial charge in [-0.05, 0) is 31.2 Å². The zero-order valence-corrected chi connectivity index (χ0v) is 13.9. The molecule has 0 spiro atoms. The molecule has 3 aromatic rings. The topological polar surface area (TPSA) is 37.6 Å². The van der Waals surface area contributed by atoms with Crippen molar-refractivity contribution in [2.45, 2.75) is 26.9 Å². The first-order chi connectivity index (χ1) is 11.0. The highest BCUT2D eigenvalue weighted by Crippen LogP contribution is 2.14. The molecular formula is C17H18FN3OS. The van der Waals surface area contributed by atoms with Crippen LogP contribution in [0.15, 0.2) is 41.3 Å². The van der Waals surface area contributed by atoms with E-state index >= 15 is 0 Å². The molecule has 0 N–H and O–H groups in total. The lowest BCUT2D eigenvalue weighted by atomic mass is 10.2. The first-order valence-corrected chi connectivity index (χ1v) is 8.32. The van der Waals surface area contributed by atoms with Crippen molar-refractivity contribution in [3.63, 3.8) is 0 Å². The van der Waals surface area contributed by atoms with E-state index in [0.29, 0.717) is 13.1 Å². The number of nitrogens with zero attached hydrogens (tertiary/aromatic N) is 3. The maximum absolute atomic E-state index is 13.0. The van der Waals surface area contributed by atoms with Crippen molar-refractivity contribution in [1.82, 2.24) is 14.3 Å². The Kier molecular flexibility index (Phi) is 4.54. The summed E-state index contributed by atoms with van der Waals surface area (Å²) in [5.74, 6) is -0.231. The summed E-state index contributed by atoms with van der Waals surface area (Å²) < 4.78 is 14.6. The number of benzene rings is 1. The predicted octanol–water partition coefficient (Wildman–Crippen LogP) is 3.23. The zero-order valence-electron chi connectivity index (χ0n) is 13.1. The number of aryl methyl sites for hydroxylation is 1. The Labute approximate surface area is 137 Å². The van der Waals surface area contributed by atoms with Gasteiger partial charge in [-0.15, -0.1) is 11.3 Å². The van der Waals surface area contributed by atoms with Crippen LogP contribution in [0.4, 0.5) is 4.39 Å². The van der Waals surface area contributed by atoms with E-state index in [4.69, 9.17) is 0 Å². The van der Waals surface area contributed by atoms with Gasteiger partial charge in [-0.25, -0.2) is 9.37 Å². The average Bonchev–Trinajstić information content (AvgIpc) is 2.90. The molecule has 0 atom stereocenters. The van der Waals surface area contributed by atoms with Crippen molar-refractivity contribution < 1.29 is 4.39 Å². The summed E-state index contributed by atoms with van der Waals surface area (Å²) in [6, 6.07) is 8.09. The first kappa shape index (κ1) is 15.8. The monoisotopic (exact) mass is 331 g/mol. The van der Waals surface area contributed by atoms with Gasteiger partial charge in [0.15, 0.2) is 4.96 Å². The van der Waals surface area contributed by atoms with Crippen LogP contribution in [-0.2, 0) is 13.1 Å². The van der Waals surface area contributed by atoms with Gasteiger partial charge in [-0.3, -0.25) is 14.1 Å². The predicted molar refractivity (Wildman–Crippen MR) is 90.3 cm³/mol. The largest absolute Gasteiger partial charge is 0.294 e. The lowest BCUT2D eigenvalue weighted by molar-refractivity contribution is 0.268. The third kappa shape index (κ3) is 3.65. The zero-order chi connectivity index (χ0) is 16.4. The number of thiazole rings is 1. The minimum Gasteiger partial charge on any atom is -0.294 e. The molecule has 0 saturated heterocycles. The van der Waals surface area contributed by atoms with E-state index in [-0.39, 0.29) is 11.4 Å². The molecule has 0 amide bonds. The van der Waals surface area contributed by atoms with Gasteiger partial charge in [0.25, 0.3) is 5.56 Å². The van der Waals surface area contributed by atoms with Crippen LogP contribution in [0.2, 0.25) is 0 Å². The van der Waals surface area contributed by atoms with Crippen LogP contribution in [0.1, 0.15) is 23.1 Å². The van der Waals surface area contributed by atoms with Crippen molar-refractivity contribution in [2.24, 2.45) is 0 Å². The fourth-order valence-electron chi connectivity index (χ4n) is 2.50. The summed E-state index contributed by atoms with van der Waals surface area (Å²) in [7, 11) is 0. The molecule has 3 rings (SSSR count). The van der Waals surface area contributed by atoms with Crippen molar-refractivity contribution in [3.8, 4) is 0 Å². The van der Waals surface area contributed by atoms with E-state index in [0.717, 1.165) is 27.6 Å². The smallest absolute Gasteiger partial charge is 0.258 e. The van der Waals surface area contributed by atoms with Gasteiger partial charge < -0.3 is 0 Å². The van der Waals surface area contributed by atoms with Crippen molar-refractivity contribution in [1.29, 1.82) is 0 Å². The molecule has 2 heterocycles. The number of halogens is 1. The molecule has 0 unspecified atom stereocenters. The fourth-order valence-corrected chi connectivity index (χ4v) is 3.35. The highest BCUT2D eigenvalue weighted by molar-refractivity contribution is 7.16. The van der Waals surface area contributed by atoms with Crippen LogP contribution in [0.5, 0.6) is 0 Å². The summed E-state index contributed by atoms with van der Waals surface area (Å²) in [6.07, 6.45) is 1.81. The molecule has 0 bridgehead atoms. The standard InChI is InChI=1S/C17H18FN3OS/c1-3-20(10-13-4-6-14(18)7-5-13)11-15-8-16(22)21-9-12(2)23-17(21)19-15/h4-9H,3,10-11H2,1-2H3. The Morgan fingerprint density at radius 3 is 2.70 bits per heavy atom. The molecule has 1 aromatic carbocycles. The average molecular weight is 331 g/mol. The second-order valence-electron chi connectivity index (χ2n) is 5.51. The summed E-state index contributed by atoms with van der Waals surface area (Å²) in [5, 5.41) is 0. The summed E-state index contributed by atoms with van der Waals surface area (Å²) in [5.41, 5.74) is 1.76. The Bertz CT molecular complexity index is 870. The van der Waals surface area contributed by atoms with E-state index < -0.39 is 0 Å². The van der Waals surface area contributed by atoms with Crippen LogP contribution < -0.4 is 5.56 Å². The SMILES string of the molecule is CCN(Cc1ccc(F)cc1)Cc1cc(=O)n2cc(C)sc2n1. The molecule has 23 heavy (non-hydrogen) atoms. The number of aromatic nitrogens is 2. The van der Waals surface area contributed by atoms with Gasteiger partial charge in [-0.2, -0.15) is 0 Å². The molecule has 0 aliphatic carbocycles. The molecule has 0 saturated carbocycles. The highest BCUT2D eigenvalue weighted by atomic mass is 32.1. The van der Waals surface area contributed by atoms with Gasteiger partial charge in [0.2, 0.25) is 0 Å². The maximum Gasteiger partial charge on any atom is 0.258 e. The third-order valence-electron chi connectivity index (χ3n) is 3.69. The fraction of sp³-hybridized carbons (Fsp3) is 0.294. The minimum absolute atomic E-state index is 0.0489. The number of hydrogen-bond acceptors (Lipinski definition) is 4. The first-order valence-electron chi connectivity index (χ1n) is 7.50. The quantitative estimate of drug-likeness (QED) is 0.720. The van der Waals surface area contributed by atoms with Gasteiger partial charge >= 0.3 is 0 Å². The highest BCUT2D eigenvalue weighted by Gasteiger charge is 2.10. The Hall–Kier alpha value is -2.05. The van der Waals surface area contributed by atoms with Crippen molar-refractivity contribution in [2.75, 3.05) is 6.54 Å². The van der Waals surface area contributed by atoms with Crippen molar-refractivity contribution >= 4 is 16.3 Å². The molecule has 120 valence electrons. The van der Waals surface area contributed by atoms with Gasteiger partial charge in [0.1, 0.15) is 5.82 Å². The summed E-state index contributed by atoms with van der Waals surface area (Å²) in [4.78, 5) is 20.7. The summed E-state index contributed by atoms with van der Waals surface area (Å²) >= 11 is 1.51. The summed E-state index contributed by atoms with van der Waals surface area (Å²) in [6.45, 7) is 6.13. The van der Waals surface area contributed by atoms with E-state index in [1.54, 1.807) is 22.6 Å². The molecular weight excluding hydrogens is 313 g/mol. The minimum atomic E-state index is -0.231. The molecule has 4 nitrogen and oxygen atoms in total. The molecule has 0 aliphatic rings. The van der Waals surface area contributed by atoms with Crippen LogP contribution in [-0.4, -0.2) is 20.8 Å². The van der Waals surface area contributed by atoms with Crippen LogP contribution >= 0.6 is 11.3 Å². The van der Waals surface area contributed by atoms with Crippen LogP contribution in [0.3, 0.4) is 0 Å². The Morgan fingerprint density at radius 1 is 1.26 bits per heavy atom. The van der Waals surface area contributed by atoms with E-state index in [1.807, 2.05) is 13.1 Å². The maximum atomic E-state index is 13.0. The van der Waals surface area contributed by atoms with E-state index in [9.17, 15) is 9.18 Å². The Morgan fingerprint density at radius 2 is 2.00 bits per heavy atom. The van der Waals surface area contributed by atoms with Gasteiger partial charge in [0, 0.05) is 30.2 Å². The van der Waals surface area contributed by atoms with Crippen LogP contribution in [0, 0.1) is 12.7 Å². The van der Waals surface area contributed by atoms with Gasteiger partial charge in [-0.1, -0.05) is 19.1 Å². The second-order valence-corrected chi connectivity index (χ2v) is 6.72. The van der Waals surface area contributed by atoms with E-state index in [1.165, 1.54) is 23.5 Å². The second kappa shape index (κ2) is 6.60. The number of fused-ring (bicyclic) bond motifs is 1. The van der Waals surface area contributed by atoms with Crippen molar-refractivity contribution in [3.05, 3.63) is 68.8 Å². The molecule has 0 aliphatic heterocycles. The number of hydrogen-bond donors (Lipinski definition) is 0. The Balaban J connectivity index is 1.81. The molecule has 6 heteroatoms. The van der Waals surface area contributed by atoms with Crippen LogP contribution in [0.25, 0.3) is 4.96 Å². The third-order valence-corrected chi connectivity index (χ3v) is 4.59. The lowest BCUT2D eigenvalue weighted by Crippen LogP contribution is -2.24. The van der Waals surface area contributed by atoms with E-state index in [2.05, 4.69) is 16.8 Å². The molecule has 2 aromatic heterocycles. The van der Waals surface area contributed by atoms with Gasteiger partial charge in [0.05, 0.1) is 5.69 Å². The normalized spacial score (nSPS) is 11.5. The molecule has 0 radical (unpaired) electrons. The molecule has 0 fully saturated rings.